The third-order valence-corrected chi connectivity index (χ3v) is 8.11. The van der Waals surface area contributed by atoms with Gasteiger partial charge in [-0.1, -0.05) is 41.8 Å². The fourth-order valence-corrected chi connectivity index (χ4v) is 5.71. The average Bonchev–Trinajstić information content (AvgIpc) is 3.29. The lowest BCUT2D eigenvalue weighted by Crippen LogP contribution is -2.60. The molecule has 0 unspecified atom stereocenters. The topological polar surface area (TPSA) is 138 Å². The van der Waals surface area contributed by atoms with Crippen molar-refractivity contribution in [2.45, 2.75) is 17.6 Å². The van der Waals surface area contributed by atoms with Crippen molar-refractivity contribution in [3.8, 4) is 12.3 Å². The molecule has 1 aromatic heterocycles. The van der Waals surface area contributed by atoms with Gasteiger partial charge in [-0.2, -0.15) is 4.31 Å². The van der Waals surface area contributed by atoms with Gasteiger partial charge in [-0.3, -0.25) is 10.2 Å². The number of aromatic amines is 1. The van der Waals surface area contributed by atoms with Gasteiger partial charge in [0.15, 0.2) is 0 Å². The van der Waals surface area contributed by atoms with Crippen LogP contribution in [0.5, 0.6) is 0 Å². The normalized spacial score (nSPS) is 16.5. The molecule has 2 aromatic carbocycles. The Morgan fingerprint density at radius 3 is 2.62 bits per heavy atom. The lowest BCUT2D eigenvalue weighted by Gasteiger charge is -2.38. The molecule has 0 spiro atoms. The van der Waals surface area contributed by atoms with E-state index in [-0.39, 0.29) is 24.0 Å². The third-order valence-electron chi connectivity index (χ3n) is 6.14. The Labute approximate surface area is 219 Å². The summed E-state index contributed by atoms with van der Waals surface area (Å²) in [5.41, 5.74) is 1.79. The number of fused-ring (bicyclic) bond motifs is 1. The summed E-state index contributed by atoms with van der Waals surface area (Å²) in [4.78, 5) is 30.7. The van der Waals surface area contributed by atoms with E-state index in [1.807, 2.05) is 0 Å². The number of nitrogens with zero attached hydrogens (tertiary/aromatic N) is 3. The van der Waals surface area contributed by atoms with Crippen LogP contribution >= 0.6 is 11.6 Å². The Morgan fingerprint density at radius 2 is 1.97 bits per heavy atom. The molecule has 37 heavy (non-hydrogen) atoms. The molecule has 1 amide bonds. The van der Waals surface area contributed by atoms with Crippen LogP contribution in [0.2, 0.25) is 5.02 Å². The first-order chi connectivity index (χ1) is 17.5. The fourth-order valence-electron chi connectivity index (χ4n) is 4.12. The van der Waals surface area contributed by atoms with Crippen LogP contribution in [-0.2, 0) is 26.2 Å². The van der Waals surface area contributed by atoms with Gasteiger partial charge in [-0.15, -0.1) is 6.42 Å². The van der Waals surface area contributed by atoms with Crippen molar-refractivity contribution >= 4 is 50.2 Å². The van der Waals surface area contributed by atoms with Crippen molar-refractivity contribution < 1.29 is 23.1 Å². The molecule has 0 aliphatic carbocycles. The number of halogens is 1. The molecule has 0 saturated carbocycles. The first kappa shape index (κ1) is 26.2. The van der Waals surface area contributed by atoms with Gasteiger partial charge in [0, 0.05) is 41.6 Å². The average molecular weight is 542 g/mol. The predicted octanol–water partition coefficient (Wildman–Crippen LogP) is 2.20. The summed E-state index contributed by atoms with van der Waals surface area (Å²) < 4.78 is 27.4. The van der Waals surface area contributed by atoms with E-state index >= 15 is 0 Å². The minimum absolute atomic E-state index is 0.0254. The highest BCUT2D eigenvalue weighted by atomic mass is 35.5. The second-order valence-corrected chi connectivity index (χ2v) is 11.0. The number of amides is 1. The molecule has 10 nitrogen and oxygen atoms in total. The Bertz CT molecular complexity index is 1530. The van der Waals surface area contributed by atoms with E-state index in [0.717, 1.165) is 9.21 Å². The highest BCUT2D eigenvalue weighted by Crippen LogP contribution is 2.26. The standard InChI is InChI=1S/C25H24ClN5O5S/c1-3-10-29(2)24(27)17-6-4-16(5-7-17)13-31-21(25(33)34)14-30(15-23(31)32)37(35,36)22-12-18-11-19(26)8-9-20(18)28-22/h1,4-9,11-12,21,27-28H,10,13-15H2,2H3,(H,33,34)/t21-/m1/s1. The summed E-state index contributed by atoms with van der Waals surface area (Å²) in [7, 11) is -2.48. The molecule has 3 N–H and O–H groups in total. The van der Waals surface area contributed by atoms with E-state index < -0.39 is 41.0 Å². The number of hydrogen-bond acceptors (Lipinski definition) is 5. The maximum atomic E-state index is 13.3. The van der Waals surface area contributed by atoms with Gasteiger partial charge < -0.3 is 19.9 Å². The van der Waals surface area contributed by atoms with Gasteiger partial charge in [0.2, 0.25) is 5.91 Å². The lowest BCUT2D eigenvalue weighted by atomic mass is 10.1. The van der Waals surface area contributed by atoms with Crippen LogP contribution in [0, 0.1) is 17.8 Å². The molecule has 1 atom stereocenters. The van der Waals surface area contributed by atoms with Gasteiger partial charge in [0.1, 0.15) is 16.9 Å². The molecule has 2 heterocycles. The fraction of sp³-hybridized carbons (Fsp3) is 0.240. The van der Waals surface area contributed by atoms with Gasteiger partial charge in [0.05, 0.1) is 13.1 Å². The number of piperazine rings is 1. The van der Waals surface area contributed by atoms with Gasteiger partial charge in [-0.25, -0.2) is 13.2 Å². The smallest absolute Gasteiger partial charge is 0.327 e. The highest BCUT2D eigenvalue weighted by molar-refractivity contribution is 7.89. The zero-order valence-corrected chi connectivity index (χ0v) is 21.4. The monoisotopic (exact) mass is 541 g/mol. The Kier molecular flexibility index (Phi) is 7.27. The van der Waals surface area contributed by atoms with Crippen LogP contribution < -0.4 is 0 Å². The number of sulfonamides is 1. The number of carbonyl (C=O) groups excluding carboxylic acids is 1. The summed E-state index contributed by atoms with van der Waals surface area (Å²) in [6, 6.07) is 11.6. The van der Waals surface area contributed by atoms with E-state index in [4.69, 9.17) is 23.4 Å². The number of carboxylic acids is 1. The molecule has 1 fully saturated rings. The van der Waals surface area contributed by atoms with Crippen LogP contribution in [0.1, 0.15) is 11.1 Å². The maximum Gasteiger partial charge on any atom is 0.327 e. The number of carbonyl (C=O) groups is 2. The molecule has 1 aliphatic heterocycles. The van der Waals surface area contributed by atoms with Crippen LogP contribution in [0.25, 0.3) is 10.9 Å². The quantitative estimate of drug-likeness (QED) is 0.238. The van der Waals surface area contributed by atoms with E-state index in [0.29, 0.717) is 27.1 Å². The van der Waals surface area contributed by atoms with Gasteiger partial charge in [-0.05, 0) is 29.8 Å². The number of hydrogen-bond donors (Lipinski definition) is 3. The number of terminal acetylenes is 1. The SMILES string of the molecule is C#CCN(C)C(=N)c1ccc(CN2C(=O)CN(S(=O)(=O)c3cc4cc(Cl)ccc4[nH]3)C[C@@H]2C(=O)O)cc1. The summed E-state index contributed by atoms with van der Waals surface area (Å²) in [5, 5.41) is 18.9. The van der Waals surface area contributed by atoms with E-state index in [1.165, 1.54) is 6.07 Å². The molecular weight excluding hydrogens is 518 g/mol. The molecule has 0 radical (unpaired) electrons. The Morgan fingerprint density at radius 1 is 1.27 bits per heavy atom. The number of benzene rings is 2. The number of rotatable bonds is 7. The minimum atomic E-state index is -4.18. The van der Waals surface area contributed by atoms with Crippen molar-refractivity contribution in [1.29, 1.82) is 5.41 Å². The molecule has 1 aliphatic rings. The van der Waals surface area contributed by atoms with Crippen LogP contribution in [0.15, 0.2) is 53.6 Å². The third kappa shape index (κ3) is 5.32. The number of nitrogens with one attached hydrogen (secondary N) is 2. The molecule has 12 heteroatoms. The summed E-state index contributed by atoms with van der Waals surface area (Å²) in [5.74, 6) is 0.746. The zero-order chi connectivity index (χ0) is 26.9. The van der Waals surface area contributed by atoms with Gasteiger partial charge in [0.25, 0.3) is 10.0 Å². The number of H-pyrrole nitrogens is 1. The number of aliphatic carboxylic acids is 1. The number of aromatic nitrogens is 1. The summed E-state index contributed by atoms with van der Waals surface area (Å²) >= 11 is 5.99. The largest absolute Gasteiger partial charge is 0.480 e. The van der Waals surface area contributed by atoms with Crippen molar-refractivity contribution in [1.82, 2.24) is 19.1 Å². The van der Waals surface area contributed by atoms with Crippen LogP contribution in [0.4, 0.5) is 0 Å². The highest BCUT2D eigenvalue weighted by Gasteiger charge is 2.42. The molecule has 3 aromatic rings. The predicted molar refractivity (Wildman–Crippen MR) is 139 cm³/mol. The first-order valence-corrected chi connectivity index (χ1v) is 13.0. The maximum absolute atomic E-state index is 13.3. The second kappa shape index (κ2) is 10.3. The van der Waals surface area contributed by atoms with Crippen LogP contribution in [0.3, 0.4) is 0 Å². The summed E-state index contributed by atoms with van der Waals surface area (Å²) in [6.07, 6.45) is 5.30. The second-order valence-electron chi connectivity index (χ2n) is 8.64. The van der Waals surface area contributed by atoms with Crippen molar-refractivity contribution in [2.75, 3.05) is 26.7 Å². The zero-order valence-electron chi connectivity index (χ0n) is 19.8. The molecular formula is C25H24ClN5O5S. The van der Waals surface area contributed by atoms with Crippen molar-refractivity contribution in [2.24, 2.45) is 0 Å². The number of amidine groups is 1. The van der Waals surface area contributed by atoms with Crippen molar-refractivity contribution in [3.05, 3.63) is 64.7 Å². The van der Waals surface area contributed by atoms with Crippen LogP contribution in [-0.4, -0.2) is 83.0 Å². The molecule has 1 saturated heterocycles. The Hall–Kier alpha value is -3.85. The molecule has 0 bridgehead atoms. The first-order valence-electron chi connectivity index (χ1n) is 11.1. The summed E-state index contributed by atoms with van der Waals surface area (Å²) in [6.45, 7) is -0.655. The van der Waals surface area contributed by atoms with E-state index in [2.05, 4.69) is 10.9 Å². The van der Waals surface area contributed by atoms with Gasteiger partial charge >= 0.3 is 5.97 Å². The minimum Gasteiger partial charge on any atom is -0.480 e. The lowest BCUT2D eigenvalue weighted by molar-refractivity contribution is -0.154. The molecule has 192 valence electrons. The van der Waals surface area contributed by atoms with E-state index in [1.54, 1.807) is 54.4 Å². The van der Waals surface area contributed by atoms with E-state index in [9.17, 15) is 23.1 Å². The molecule has 4 rings (SSSR count). The Balaban J connectivity index is 1.53. The number of carboxylic acid groups (broad SMARTS) is 1. The van der Waals surface area contributed by atoms with Crippen molar-refractivity contribution in [3.63, 3.8) is 0 Å².